The summed E-state index contributed by atoms with van der Waals surface area (Å²) < 4.78 is 1.92. The van der Waals surface area contributed by atoms with Gasteiger partial charge in [0.05, 0.1) is 12.1 Å². The summed E-state index contributed by atoms with van der Waals surface area (Å²) in [5.41, 5.74) is 1.17. The van der Waals surface area contributed by atoms with E-state index in [-0.39, 0.29) is 5.54 Å². The zero-order chi connectivity index (χ0) is 17.0. The lowest BCUT2D eigenvalue weighted by molar-refractivity contribution is 0.226. The summed E-state index contributed by atoms with van der Waals surface area (Å²) in [5.74, 6) is 0.898. The van der Waals surface area contributed by atoms with E-state index in [0.29, 0.717) is 0 Å². The summed E-state index contributed by atoms with van der Waals surface area (Å²) in [5, 5.41) is 14.4. The smallest absolute Gasteiger partial charge is 0.165 e. The molecule has 0 fully saturated rings. The van der Waals surface area contributed by atoms with Crippen molar-refractivity contribution in [2.45, 2.75) is 45.9 Å². The van der Waals surface area contributed by atoms with E-state index in [1.54, 1.807) is 11.3 Å². The van der Waals surface area contributed by atoms with Crippen LogP contribution in [0.1, 0.15) is 37.0 Å². The fraction of sp³-hybridized carbons (Fsp3) is 0.389. The molecule has 0 spiro atoms. The van der Waals surface area contributed by atoms with Crippen molar-refractivity contribution in [3.05, 3.63) is 64.1 Å². The van der Waals surface area contributed by atoms with Gasteiger partial charge < -0.3 is 0 Å². The molecule has 3 aromatic rings. The summed E-state index contributed by atoms with van der Waals surface area (Å²) >= 11 is 1.78. The van der Waals surface area contributed by atoms with Crippen LogP contribution in [-0.4, -0.2) is 25.1 Å². The molecule has 6 heteroatoms. The van der Waals surface area contributed by atoms with Gasteiger partial charge >= 0.3 is 0 Å². The predicted octanol–water partition coefficient (Wildman–Crippen LogP) is 3.69. The van der Waals surface area contributed by atoms with E-state index in [0.717, 1.165) is 25.5 Å². The van der Waals surface area contributed by atoms with Crippen LogP contribution in [0.4, 0.5) is 0 Å². The summed E-state index contributed by atoms with van der Waals surface area (Å²) in [6.07, 6.45) is 0. The highest BCUT2D eigenvalue weighted by molar-refractivity contribution is 7.09. The highest BCUT2D eigenvalue weighted by Gasteiger charge is 2.21. The van der Waals surface area contributed by atoms with Gasteiger partial charge in [0.25, 0.3) is 0 Å². The first kappa shape index (κ1) is 16.8. The van der Waals surface area contributed by atoms with Crippen LogP contribution in [0.5, 0.6) is 0 Å². The SMILES string of the molecule is CC(C)(C)n1nnnc1CN(Cc1ccccc1)Cc1cccs1. The number of nitrogens with zero attached hydrogens (tertiary/aromatic N) is 5. The molecule has 0 aliphatic rings. The maximum Gasteiger partial charge on any atom is 0.165 e. The van der Waals surface area contributed by atoms with Crippen LogP contribution in [0.25, 0.3) is 0 Å². The quantitative estimate of drug-likeness (QED) is 0.686. The number of benzene rings is 1. The molecule has 0 N–H and O–H groups in total. The zero-order valence-electron chi connectivity index (χ0n) is 14.4. The average molecular weight is 341 g/mol. The minimum absolute atomic E-state index is 0.125. The highest BCUT2D eigenvalue weighted by Crippen LogP contribution is 2.19. The van der Waals surface area contributed by atoms with Crippen LogP contribution in [0.15, 0.2) is 47.8 Å². The van der Waals surface area contributed by atoms with E-state index in [1.807, 2.05) is 10.7 Å². The Balaban J connectivity index is 1.81. The standard InChI is InChI=1S/C18H23N5S/c1-18(2,3)23-17(19-20-21-23)14-22(13-16-10-7-11-24-16)12-15-8-5-4-6-9-15/h4-11H,12-14H2,1-3H3. The van der Waals surface area contributed by atoms with Crippen molar-refractivity contribution in [2.75, 3.05) is 0 Å². The predicted molar refractivity (Wildman–Crippen MR) is 96.5 cm³/mol. The third kappa shape index (κ3) is 4.27. The fourth-order valence-corrected chi connectivity index (χ4v) is 3.40. The maximum absolute atomic E-state index is 4.26. The first-order valence-electron chi connectivity index (χ1n) is 8.09. The Morgan fingerprint density at radius 2 is 1.79 bits per heavy atom. The lowest BCUT2D eigenvalue weighted by atomic mass is 10.1. The van der Waals surface area contributed by atoms with E-state index in [4.69, 9.17) is 0 Å². The van der Waals surface area contributed by atoms with Crippen molar-refractivity contribution >= 4 is 11.3 Å². The molecule has 0 atom stereocenters. The van der Waals surface area contributed by atoms with Crippen molar-refractivity contribution < 1.29 is 0 Å². The van der Waals surface area contributed by atoms with Gasteiger partial charge in [-0.1, -0.05) is 36.4 Å². The molecule has 1 aromatic carbocycles. The molecule has 0 aliphatic carbocycles. The van der Waals surface area contributed by atoms with Crippen molar-refractivity contribution in [3.63, 3.8) is 0 Å². The average Bonchev–Trinajstić information content (AvgIpc) is 3.19. The summed E-state index contributed by atoms with van der Waals surface area (Å²) in [7, 11) is 0. The van der Waals surface area contributed by atoms with Gasteiger partial charge in [-0.15, -0.1) is 16.4 Å². The molecule has 2 heterocycles. The zero-order valence-corrected chi connectivity index (χ0v) is 15.2. The molecule has 5 nitrogen and oxygen atoms in total. The van der Waals surface area contributed by atoms with Gasteiger partial charge in [-0.25, -0.2) is 4.68 Å². The van der Waals surface area contributed by atoms with Gasteiger partial charge in [-0.3, -0.25) is 4.90 Å². The van der Waals surface area contributed by atoms with Gasteiger partial charge in [0.1, 0.15) is 0 Å². The van der Waals surface area contributed by atoms with Gasteiger partial charge in [0.2, 0.25) is 0 Å². The number of tetrazole rings is 1. The van der Waals surface area contributed by atoms with Gasteiger partial charge in [0.15, 0.2) is 5.82 Å². The Labute approximate surface area is 146 Å². The molecule has 0 amide bonds. The van der Waals surface area contributed by atoms with E-state index in [1.165, 1.54) is 10.4 Å². The van der Waals surface area contributed by atoms with Crippen LogP contribution in [0.3, 0.4) is 0 Å². The number of aromatic nitrogens is 4. The molecular formula is C18H23N5S. The second kappa shape index (κ2) is 7.23. The van der Waals surface area contributed by atoms with Crippen LogP contribution >= 0.6 is 11.3 Å². The fourth-order valence-electron chi connectivity index (χ4n) is 2.66. The van der Waals surface area contributed by atoms with Crippen LogP contribution in [-0.2, 0) is 25.2 Å². The van der Waals surface area contributed by atoms with Crippen LogP contribution in [0.2, 0.25) is 0 Å². The number of hydrogen-bond donors (Lipinski definition) is 0. The van der Waals surface area contributed by atoms with Crippen molar-refractivity contribution in [1.82, 2.24) is 25.1 Å². The Hall–Kier alpha value is -2.05. The van der Waals surface area contributed by atoms with Crippen molar-refractivity contribution in [2.24, 2.45) is 0 Å². The maximum atomic E-state index is 4.26. The number of rotatable bonds is 6. The third-order valence-corrected chi connectivity index (χ3v) is 4.60. The molecule has 0 saturated carbocycles. The topological polar surface area (TPSA) is 46.8 Å². The first-order valence-corrected chi connectivity index (χ1v) is 8.97. The molecule has 0 saturated heterocycles. The largest absolute Gasteiger partial charge is 0.287 e. The van der Waals surface area contributed by atoms with Gasteiger partial charge in [-0.2, -0.15) is 0 Å². The number of hydrogen-bond acceptors (Lipinski definition) is 5. The first-order chi connectivity index (χ1) is 11.5. The third-order valence-electron chi connectivity index (χ3n) is 3.74. The van der Waals surface area contributed by atoms with E-state index in [2.05, 4.69) is 83.0 Å². The van der Waals surface area contributed by atoms with E-state index < -0.39 is 0 Å². The Bertz CT molecular complexity index is 743. The molecule has 0 bridgehead atoms. The second-order valence-corrected chi connectivity index (χ2v) is 7.92. The normalized spacial score (nSPS) is 12.0. The molecule has 3 rings (SSSR count). The van der Waals surface area contributed by atoms with E-state index in [9.17, 15) is 0 Å². The summed E-state index contributed by atoms with van der Waals surface area (Å²) in [4.78, 5) is 3.73. The highest BCUT2D eigenvalue weighted by atomic mass is 32.1. The molecule has 126 valence electrons. The lowest BCUT2D eigenvalue weighted by Gasteiger charge is -2.24. The lowest BCUT2D eigenvalue weighted by Crippen LogP contribution is -2.30. The molecule has 24 heavy (non-hydrogen) atoms. The Morgan fingerprint density at radius 3 is 2.46 bits per heavy atom. The van der Waals surface area contributed by atoms with Gasteiger partial charge in [-0.05, 0) is 48.2 Å². The minimum Gasteiger partial charge on any atom is -0.287 e. The molecule has 2 aromatic heterocycles. The monoisotopic (exact) mass is 341 g/mol. The van der Waals surface area contributed by atoms with Crippen LogP contribution < -0.4 is 0 Å². The van der Waals surface area contributed by atoms with Crippen molar-refractivity contribution in [1.29, 1.82) is 0 Å². The van der Waals surface area contributed by atoms with E-state index >= 15 is 0 Å². The Morgan fingerprint density at radius 1 is 1.00 bits per heavy atom. The minimum atomic E-state index is -0.125. The summed E-state index contributed by atoms with van der Waals surface area (Å²) in [6, 6.07) is 14.8. The van der Waals surface area contributed by atoms with Crippen molar-refractivity contribution in [3.8, 4) is 0 Å². The molecule has 0 radical (unpaired) electrons. The van der Waals surface area contributed by atoms with Crippen LogP contribution in [0, 0.1) is 0 Å². The molecule has 0 unspecified atom stereocenters. The molecular weight excluding hydrogens is 318 g/mol. The number of thiophene rings is 1. The second-order valence-electron chi connectivity index (χ2n) is 6.89. The molecule has 0 aliphatic heterocycles. The summed E-state index contributed by atoms with van der Waals surface area (Å²) in [6.45, 7) is 8.84. The van der Waals surface area contributed by atoms with Gasteiger partial charge in [0, 0.05) is 18.0 Å². The Kier molecular flexibility index (Phi) is 5.06.